The topological polar surface area (TPSA) is 64.7 Å². The van der Waals surface area contributed by atoms with Crippen molar-refractivity contribution in [1.82, 2.24) is 15.1 Å². The smallest absolute Gasteiger partial charge is 0.321 e. The molecular formula is C17H22Cl2N4O2. The maximum absolute atomic E-state index is 12.4. The summed E-state index contributed by atoms with van der Waals surface area (Å²) >= 11 is 12.0. The number of hydrogen-bond acceptors (Lipinski definition) is 3. The Morgan fingerprint density at radius 1 is 1.16 bits per heavy atom. The molecule has 1 aromatic carbocycles. The van der Waals surface area contributed by atoms with Crippen molar-refractivity contribution in [2.45, 2.75) is 31.8 Å². The zero-order chi connectivity index (χ0) is 18.0. The summed E-state index contributed by atoms with van der Waals surface area (Å²) in [5.74, 6) is 0.0772. The Morgan fingerprint density at radius 2 is 1.84 bits per heavy atom. The quantitative estimate of drug-likeness (QED) is 0.838. The first-order chi connectivity index (χ1) is 11.9. The van der Waals surface area contributed by atoms with Crippen LogP contribution in [-0.2, 0) is 4.79 Å². The van der Waals surface area contributed by atoms with E-state index < -0.39 is 0 Å². The zero-order valence-corrected chi connectivity index (χ0v) is 15.6. The zero-order valence-electron chi connectivity index (χ0n) is 14.1. The molecule has 1 saturated carbocycles. The third kappa shape index (κ3) is 4.77. The molecule has 6 nitrogen and oxygen atoms in total. The largest absolute Gasteiger partial charge is 0.352 e. The lowest BCUT2D eigenvalue weighted by molar-refractivity contribution is -0.126. The first kappa shape index (κ1) is 18.3. The molecule has 0 bridgehead atoms. The molecule has 1 heterocycles. The Kier molecular flexibility index (Phi) is 5.71. The summed E-state index contributed by atoms with van der Waals surface area (Å²) in [5, 5.41) is 6.77. The number of hydrogen-bond donors (Lipinski definition) is 2. The third-order valence-electron chi connectivity index (χ3n) is 4.63. The van der Waals surface area contributed by atoms with Gasteiger partial charge in [0.2, 0.25) is 5.91 Å². The van der Waals surface area contributed by atoms with Gasteiger partial charge in [-0.15, -0.1) is 0 Å². The summed E-state index contributed by atoms with van der Waals surface area (Å²) in [5.41, 5.74) is 0.538. The number of halogens is 2. The van der Waals surface area contributed by atoms with Crippen LogP contribution in [0.2, 0.25) is 10.0 Å². The normalized spacial score (nSPS) is 19.4. The Bertz CT molecular complexity index is 658. The van der Waals surface area contributed by atoms with Gasteiger partial charge in [-0.3, -0.25) is 9.69 Å². The molecule has 1 aliphatic carbocycles. The molecule has 3 amide bonds. The van der Waals surface area contributed by atoms with Gasteiger partial charge in [-0.1, -0.05) is 23.2 Å². The summed E-state index contributed by atoms with van der Waals surface area (Å²) in [4.78, 5) is 28.4. The predicted octanol–water partition coefficient (Wildman–Crippen LogP) is 2.81. The molecule has 2 N–H and O–H groups in total. The minimum absolute atomic E-state index is 0.0772. The van der Waals surface area contributed by atoms with E-state index in [1.807, 2.05) is 6.92 Å². The molecule has 3 rings (SSSR count). The number of nitrogens with zero attached hydrogens (tertiary/aromatic N) is 2. The third-order valence-corrected chi connectivity index (χ3v) is 5.17. The van der Waals surface area contributed by atoms with Crippen LogP contribution >= 0.6 is 23.2 Å². The van der Waals surface area contributed by atoms with Crippen LogP contribution in [0.3, 0.4) is 0 Å². The summed E-state index contributed by atoms with van der Waals surface area (Å²) in [6.45, 7) is 4.39. The van der Waals surface area contributed by atoms with Gasteiger partial charge in [0, 0.05) is 37.2 Å². The Morgan fingerprint density at radius 3 is 2.44 bits per heavy atom. The Balaban J connectivity index is 1.49. The van der Waals surface area contributed by atoms with Crippen molar-refractivity contribution in [2.75, 3.05) is 31.5 Å². The van der Waals surface area contributed by atoms with E-state index in [9.17, 15) is 9.59 Å². The van der Waals surface area contributed by atoms with Crippen molar-refractivity contribution in [3.63, 3.8) is 0 Å². The molecule has 0 spiro atoms. The molecule has 0 aromatic heterocycles. The van der Waals surface area contributed by atoms with E-state index in [0.717, 1.165) is 12.8 Å². The maximum Gasteiger partial charge on any atom is 0.321 e. The SMILES string of the molecule is CC(C(=O)NC1CC1)N1CCN(C(=O)Nc2ccc(Cl)cc2Cl)CC1. The number of carbonyl (C=O) groups is 2. The fourth-order valence-electron chi connectivity index (χ4n) is 2.81. The Labute approximate surface area is 157 Å². The highest BCUT2D eigenvalue weighted by Crippen LogP contribution is 2.25. The lowest BCUT2D eigenvalue weighted by atomic mass is 10.2. The molecule has 1 atom stereocenters. The number of urea groups is 1. The molecule has 2 aliphatic rings. The average molecular weight is 385 g/mol. The van der Waals surface area contributed by atoms with Gasteiger partial charge >= 0.3 is 6.03 Å². The van der Waals surface area contributed by atoms with Crippen molar-refractivity contribution in [3.8, 4) is 0 Å². The van der Waals surface area contributed by atoms with Gasteiger partial charge in [0.05, 0.1) is 16.8 Å². The number of benzene rings is 1. The number of anilines is 1. The molecular weight excluding hydrogens is 363 g/mol. The second kappa shape index (κ2) is 7.81. The molecule has 2 fully saturated rings. The van der Waals surface area contributed by atoms with Gasteiger partial charge in [-0.05, 0) is 38.0 Å². The average Bonchev–Trinajstić information content (AvgIpc) is 3.40. The number of piperazine rings is 1. The van der Waals surface area contributed by atoms with E-state index in [-0.39, 0.29) is 18.0 Å². The highest BCUT2D eigenvalue weighted by Gasteiger charge is 2.30. The van der Waals surface area contributed by atoms with Crippen molar-refractivity contribution in [2.24, 2.45) is 0 Å². The summed E-state index contributed by atoms with van der Waals surface area (Å²) in [7, 11) is 0. The van der Waals surface area contributed by atoms with Crippen LogP contribution in [0.15, 0.2) is 18.2 Å². The number of amides is 3. The highest BCUT2D eigenvalue weighted by atomic mass is 35.5. The predicted molar refractivity (Wildman–Crippen MR) is 99.3 cm³/mol. The number of rotatable bonds is 4. The molecule has 0 radical (unpaired) electrons. The van der Waals surface area contributed by atoms with Crippen LogP contribution in [-0.4, -0.2) is 60.0 Å². The van der Waals surface area contributed by atoms with Crippen LogP contribution in [0.4, 0.5) is 10.5 Å². The van der Waals surface area contributed by atoms with Crippen LogP contribution in [0.5, 0.6) is 0 Å². The van der Waals surface area contributed by atoms with Crippen molar-refractivity contribution in [3.05, 3.63) is 28.2 Å². The molecule has 1 aromatic rings. The number of nitrogens with one attached hydrogen (secondary N) is 2. The molecule has 1 unspecified atom stereocenters. The van der Waals surface area contributed by atoms with E-state index in [2.05, 4.69) is 15.5 Å². The summed E-state index contributed by atoms with van der Waals surface area (Å²) in [6, 6.07) is 4.96. The highest BCUT2D eigenvalue weighted by molar-refractivity contribution is 6.36. The van der Waals surface area contributed by atoms with Crippen molar-refractivity contribution >= 4 is 40.8 Å². The van der Waals surface area contributed by atoms with Gasteiger partial charge < -0.3 is 15.5 Å². The first-order valence-corrected chi connectivity index (χ1v) is 9.25. The van der Waals surface area contributed by atoms with Gasteiger partial charge in [0.15, 0.2) is 0 Å². The monoisotopic (exact) mass is 384 g/mol. The standard InChI is InChI=1S/C17H22Cl2N4O2/c1-11(16(24)20-13-3-4-13)22-6-8-23(9-7-22)17(25)21-15-5-2-12(18)10-14(15)19/h2,5,10-11,13H,3-4,6-9H2,1H3,(H,20,24)(H,21,25). The van der Waals surface area contributed by atoms with E-state index in [4.69, 9.17) is 23.2 Å². The molecule has 136 valence electrons. The van der Waals surface area contributed by atoms with Crippen molar-refractivity contribution < 1.29 is 9.59 Å². The van der Waals surface area contributed by atoms with E-state index in [0.29, 0.717) is 48.0 Å². The van der Waals surface area contributed by atoms with Gasteiger partial charge in [0.1, 0.15) is 0 Å². The minimum Gasteiger partial charge on any atom is -0.352 e. The van der Waals surface area contributed by atoms with Gasteiger partial charge in [-0.25, -0.2) is 4.79 Å². The van der Waals surface area contributed by atoms with Crippen LogP contribution in [0.25, 0.3) is 0 Å². The minimum atomic E-state index is -0.195. The molecule has 25 heavy (non-hydrogen) atoms. The Hall–Kier alpha value is -1.50. The molecule has 1 aliphatic heterocycles. The van der Waals surface area contributed by atoms with Crippen LogP contribution in [0, 0.1) is 0 Å². The fraction of sp³-hybridized carbons (Fsp3) is 0.529. The first-order valence-electron chi connectivity index (χ1n) is 8.49. The number of carbonyl (C=O) groups excluding carboxylic acids is 2. The van der Waals surface area contributed by atoms with E-state index in [1.165, 1.54) is 0 Å². The van der Waals surface area contributed by atoms with E-state index in [1.54, 1.807) is 23.1 Å². The van der Waals surface area contributed by atoms with Crippen LogP contribution < -0.4 is 10.6 Å². The lowest BCUT2D eigenvalue weighted by Crippen LogP contribution is -2.55. The summed E-state index contributed by atoms with van der Waals surface area (Å²) < 4.78 is 0. The second-order valence-corrected chi connectivity index (χ2v) is 7.38. The van der Waals surface area contributed by atoms with E-state index >= 15 is 0 Å². The maximum atomic E-state index is 12.4. The molecule has 1 saturated heterocycles. The fourth-order valence-corrected chi connectivity index (χ4v) is 3.27. The van der Waals surface area contributed by atoms with Crippen LogP contribution in [0.1, 0.15) is 19.8 Å². The van der Waals surface area contributed by atoms with Gasteiger partial charge in [0.25, 0.3) is 0 Å². The summed E-state index contributed by atoms with van der Waals surface area (Å²) in [6.07, 6.45) is 2.17. The lowest BCUT2D eigenvalue weighted by Gasteiger charge is -2.37. The van der Waals surface area contributed by atoms with Crippen molar-refractivity contribution in [1.29, 1.82) is 0 Å². The molecule has 8 heteroatoms. The second-order valence-electron chi connectivity index (χ2n) is 6.54. The van der Waals surface area contributed by atoms with Gasteiger partial charge in [-0.2, -0.15) is 0 Å².